The minimum atomic E-state index is 0.152. The molecule has 1 saturated heterocycles. The highest BCUT2D eigenvalue weighted by atomic mass is 35.5. The Balaban J connectivity index is 0.000000614. The highest BCUT2D eigenvalue weighted by Gasteiger charge is 2.24. The van der Waals surface area contributed by atoms with E-state index >= 15 is 0 Å². The molecule has 3 aliphatic rings. The van der Waals surface area contributed by atoms with Crippen LogP contribution in [0.3, 0.4) is 0 Å². The summed E-state index contributed by atoms with van der Waals surface area (Å²) in [7, 11) is 0. The predicted molar refractivity (Wildman–Crippen MR) is 120 cm³/mol. The summed E-state index contributed by atoms with van der Waals surface area (Å²) in [5.74, 6) is 1.25. The van der Waals surface area contributed by atoms with Crippen LogP contribution >= 0.6 is 11.6 Å². The first-order valence-electron chi connectivity index (χ1n) is 10.3. The summed E-state index contributed by atoms with van der Waals surface area (Å²) in [6.07, 6.45) is 7.84. The SMILES string of the molecule is CC.CC.Cc1cc2c(cc1C)C(Cl)=CC(C1=CC=C(N3CCC3)NC1)N2. The van der Waals surface area contributed by atoms with Crippen LogP contribution in [-0.2, 0) is 0 Å². The molecule has 3 heterocycles. The van der Waals surface area contributed by atoms with Crippen LogP contribution in [0, 0.1) is 13.8 Å². The minimum absolute atomic E-state index is 0.152. The van der Waals surface area contributed by atoms with Gasteiger partial charge >= 0.3 is 0 Å². The molecule has 0 amide bonds. The van der Waals surface area contributed by atoms with Gasteiger partial charge in [-0.15, -0.1) is 0 Å². The maximum absolute atomic E-state index is 6.55. The largest absolute Gasteiger partial charge is 0.374 e. The third-order valence-corrected chi connectivity index (χ3v) is 5.37. The van der Waals surface area contributed by atoms with Crippen LogP contribution in [-0.4, -0.2) is 30.6 Å². The molecule has 27 heavy (non-hydrogen) atoms. The smallest absolute Gasteiger partial charge is 0.101 e. The zero-order valence-corrected chi connectivity index (χ0v) is 18.4. The Hall–Kier alpha value is -1.87. The minimum Gasteiger partial charge on any atom is -0.374 e. The molecule has 4 rings (SSSR count). The van der Waals surface area contributed by atoms with Crippen molar-refractivity contribution in [2.75, 3.05) is 25.0 Å². The highest BCUT2D eigenvalue weighted by molar-refractivity contribution is 6.49. The van der Waals surface area contributed by atoms with E-state index in [4.69, 9.17) is 11.6 Å². The molecule has 0 spiro atoms. The lowest BCUT2D eigenvalue weighted by atomic mass is 9.95. The number of hydrogen-bond acceptors (Lipinski definition) is 3. The number of nitrogens with one attached hydrogen (secondary N) is 2. The number of benzene rings is 1. The Labute approximate surface area is 170 Å². The summed E-state index contributed by atoms with van der Waals surface area (Å²) in [5.41, 5.74) is 6.11. The molecule has 0 radical (unpaired) electrons. The Morgan fingerprint density at radius 1 is 1.00 bits per heavy atom. The van der Waals surface area contributed by atoms with Gasteiger partial charge in [-0.25, -0.2) is 0 Å². The van der Waals surface area contributed by atoms with Gasteiger partial charge in [-0.3, -0.25) is 0 Å². The maximum atomic E-state index is 6.55. The average Bonchev–Trinajstić information content (AvgIpc) is 2.66. The van der Waals surface area contributed by atoms with Gasteiger partial charge < -0.3 is 15.5 Å². The molecule has 0 aromatic heterocycles. The first-order valence-corrected chi connectivity index (χ1v) is 10.6. The molecule has 3 nitrogen and oxygen atoms in total. The van der Waals surface area contributed by atoms with E-state index in [1.165, 1.54) is 42.0 Å². The fourth-order valence-corrected chi connectivity index (χ4v) is 3.54. The molecule has 1 unspecified atom stereocenters. The number of hydrogen-bond donors (Lipinski definition) is 2. The van der Waals surface area contributed by atoms with E-state index in [0.29, 0.717) is 0 Å². The van der Waals surface area contributed by atoms with Crippen molar-refractivity contribution in [2.45, 2.75) is 54.0 Å². The van der Waals surface area contributed by atoms with Crippen LogP contribution < -0.4 is 10.6 Å². The van der Waals surface area contributed by atoms with Gasteiger partial charge in [0.1, 0.15) is 5.82 Å². The summed E-state index contributed by atoms with van der Waals surface area (Å²) < 4.78 is 0. The van der Waals surface area contributed by atoms with Crippen molar-refractivity contribution < 1.29 is 0 Å². The molecular formula is C23H34ClN3. The number of dihydropyridines is 1. The number of anilines is 1. The molecule has 0 aliphatic carbocycles. The molecule has 1 aromatic carbocycles. The van der Waals surface area contributed by atoms with Gasteiger partial charge in [-0.2, -0.15) is 0 Å². The zero-order chi connectivity index (χ0) is 20.0. The van der Waals surface area contributed by atoms with Crippen LogP contribution in [0.5, 0.6) is 0 Å². The van der Waals surface area contributed by atoms with Gasteiger partial charge in [-0.05, 0) is 61.3 Å². The monoisotopic (exact) mass is 387 g/mol. The fourth-order valence-electron chi connectivity index (χ4n) is 3.26. The first-order chi connectivity index (χ1) is 13.1. The topological polar surface area (TPSA) is 27.3 Å². The number of allylic oxidation sites excluding steroid dienone is 2. The van der Waals surface area contributed by atoms with Gasteiger partial charge in [0.15, 0.2) is 0 Å². The number of rotatable bonds is 2. The van der Waals surface area contributed by atoms with E-state index in [0.717, 1.165) is 22.8 Å². The number of fused-ring (bicyclic) bond motifs is 1. The highest BCUT2D eigenvalue weighted by Crippen LogP contribution is 2.36. The van der Waals surface area contributed by atoms with Crippen LogP contribution in [0.1, 0.15) is 50.8 Å². The zero-order valence-electron chi connectivity index (χ0n) is 17.6. The summed E-state index contributed by atoms with van der Waals surface area (Å²) in [4.78, 5) is 2.38. The Morgan fingerprint density at radius 3 is 2.22 bits per heavy atom. The molecule has 0 saturated carbocycles. The van der Waals surface area contributed by atoms with E-state index in [1.54, 1.807) is 0 Å². The second kappa shape index (κ2) is 9.89. The quantitative estimate of drug-likeness (QED) is 0.670. The Kier molecular flexibility index (Phi) is 7.85. The first kappa shape index (κ1) is 21.4. The van der Waals surface area contributed by atoms with Crippen LogP contribution in [0.2, 0.25) is 0 Å². The molecule has 1 atom stereocenters. The second-order valence-electron chi connectivity index (χ2n) is 6.61. The lowest BCUT2D eigenvalue weighted by molar-refractivity contribution is 0.222. The van der Waals surface area contributed by atoms with E-state index in [2.05, 4.69) is 59.7 Å². The Bertz CT molecular complexity index is 742. The third-order valence-electron chi connectivity index (χ3n) is 5.04. The third kappa shape index (κ3) is 4.70. The molecule has 148 valence electrons. The lowest BCUT2D eigenvalue weighted by Gasteiger charge is -2.37. The van der Waals surface area contributed by atoms with Gasteiger partial charge in [0.05, 0.1) is 6.04 Å². The molecule has 1 fully saturated rings. The van der Waals surface area contributed by atoms with Crippen LogP contribution in [0.15, 0.2) is 41.8 Å². The molecule has 0 bridgehead atoms. The van der Waals surface area contributed by atoms with E-state index in [-0.39, 0.29) is 6.04 Å². The fraction of sp³-hybridized carbons (Fsp3) is 0.478. The van der Waals surface area contributed by atoms with Crippen LogP contribution in [0.4, 0.5) is 5.69 Å². The number of aryl methyl sites for hydroxylation is 2. The molecule has 3 aliphatic heterocycles. The normalized spacial score (nSPS) is 19.9. The van der Waals surface area contributed by atoms with E-state index in [9.17, 15) is 0 Å². The molecular weight excluding hydrogens is 354 g/mol. The van der Waals surface area contributed by atoms with Crippen molar-refractivity contribution in [3.63, 3.8) is 0 Å². The number of likely N-dealkylation sites (tertiary alicyclic amines) is 1. The summed E-state index contributed by atoms with van der Waals surface area (Å²) in [6.45, 7) is 15.5. The van der Waals surface area contributed by atoms with Gasteiger partial charge in [0, 0.05) is 35.9 Å². The Morgan fingerprint density at radius 2 is 1.67 bits per heavy atom. The van der Waals surface area contributed by atoms with Crippen LogP contribution in [0.25, 0.3) is 5.03 Å². The van der Waals surface area contributed by atoms with Crippen molar-refractivity contribution in [2.24, 2.45) is 0 Å². The van der Waals surface area contributed by atoms with Crippen molar-refractivity contribution in [1.29, 1.82) is 0 Å². The van der Waals surface area contributed by atoms with Crippen molar-refractivity contribution in [1.82, 2.24) is 10.2 Å². The average molecular weight is 388 g/mol. The van der Waals surface area contributed by atoms with Gasteiger partial charge in [0.2, 0.25) is 0 Å². The van der Waals surface area contributed by atoms with Gasteiger partial charge in [0.25, 0.3) is 0 Å². The standard InChI is InChI=1S/C19H22ClN3.2C2H6/c1-12-8-15-16(20)10-17(22-18(15)9-13(12)2)14-4-5-19(21-11-14)23-6-3-7-23;2*1-2/h4-5,8-10,17,21-22H,3,6-7,11H2,1-2H3;2*1-2H3. The van der Waals surface area contributed by atoms with Crippen molar-refractivity contribution in [3.8, 4) is 0 Å². The number of nitrogens with zero attached hydrogens (tertiary/aromatic N) is 1. The molecule has 4 heteroatoms. The van der Waals surface area contributed by atoms with Gasteiger partial charge in [-0.1, -0.05) is 45.4 Å². The second-order valence-corrected chi connectivity index (χ2v) is 7.01. The molecule has 1 aromatic rings. The van der Waals surface area contributed by atoms with E-state index in [1.807, 2.05) is 27.7 Å². The predicted octanol–water partition coefficient (Wildman–Crippen LogP) is 5.81. The van der Waals surface area contributed by atoms with E-state index < -0.39 is 0 Å². The lowest BCUT2D eigenvalue weighted by Crippen LogP contribution is -2.43. The summed E-state index contributed by atoms with van der Waals surface area (Å²) in [6, 6.07) is 4.52. The summed E-state index contributed by atoms with van der Waals surface area (Å²) in [5, 5.41) is 8.00. The van der Waals surface area contributed by atoms with Crippen molar-refractivity contribution in [3.05, 3.63) is 58.4 Å². The maximum Gasteiger partial charge on any atom is 0.101 e. The number of halogens is 1. The summed E-state index contributed by atoms with van der Waals surface area (Å²) >= 11 is 6.55. The molecule has 2 N–H and O–H groups in total. The van der Waals surface area contributed by atoms with Crippen molar-refractivity contribution >= 4 is 22.3 Å².